The minimum Gasteiger partial charge on any atom is -0.394 e. The standard InChI is InChI=1S/C7H12O3S.C2H6/c8-6-3-1-5(2-4-6)7(9)10-11;1-2/h5-6,8,11H,1-4H2;1-2H3. The lowest BCUT2D eigenvalue weighted by molar-refractivity contribution is -0.139. The summed E-state index contributed by atoms with van der Waals surface area (Å²) in [5.41, 5.74) is 0. The summed E-state index contributed by atoms with van der Waals surface area (Å²) < 4.78 is 4.30. The van der Waals surface area contributed by atoms with E-state index in [-0.39, 0.29) is 18.0 Å². The van der Waals surface area contributed by atoms with Gasteiger partial charge in [0.15, 0.2) is 0 Å². The van der Waals surface area contributed by atoms with Gasteiger partial charge >= 0.3 is 5.97 Å². The highest BCUT2D eigenvalue weighted by Gasteiger charge is 2.25. The number of thiol groups is 1. The summed E-state index contributed by atoms with van der Waals surface area (Å²) in [6.07, 6.45) is 2.63. The molecule has 1 fully saturated rings. The number of aliphatic hydroxyl groups excluding tert-OH is 1. The molecule has 1 rings (SSSR count). The second-order valence-corrected chi connectivity index (χ2v) is 3.10. The van der Waals surface area contributed by atoms with E-state index in [2.05, 4.69) is 17.1 Å². The first-order valence-corrected chi connectivity index (χ1v) is 5.14. The third kappa shape index (κ3) is 4.52. The minimum absolute atomic E-state index is 0.0455. The molecule has 0 radical (unpaired) electrons. The fourth-order valence-electron chi connectivity index (χ4n) is 1.39. The van der Waals surface area contributed by atoms with E-state index in [9.17, 15) is 4.79 Å². The van der Waals surface area contributed by atoms with Gasteiger partial charge in [0.25, 0.3) is 0 Å². The third-order valence-corrected chi connectivity index (χ3v) is 2.30. The fraction of sp³-hybridized carbons (Fsp3) is 0.889. The van der Waals surface area contributed by atoms with Crippen molar-refractivity contribution in [3.8, 4) is 0 Å². The maximum Gasteiger partial charge on any atom is 0.320 e. The Balaban J connectivity index is 0.000000671. The molecule has 0 unspecified atom stereocenters. The van der Waals surface area contributed by atoms with Crippen molar-refractivity contribution in [1.82, 2.24) is 0 Å². The average Bonchev–Trinajstić information content (AvgIpc) is 2.21. The monoisotopic (exact) mass is 206 g/mol. The van der Waals surface area contributed by atoms with Crippen LogP contribution in [0.3, 0.4) is 0 Å². The number of carbonyl (C=O) groups excluding carboxylic acids is 1. The van der Waals surface area contributed by atoms with Crippen LogP contribution in [-0.4, -0.2) is 17.2 Å². The summed E-state index contributed by atoms with van der Waals surface area (Å²) in [7, 11) is 0. The summed E-state index contributed by atoms with van der Waals surface area (Å²) in [6.45, 7) is 4.00. The zero-order valence-corrected chi connectivity index (χ0v) is 9.09. The predicted molar refractivity (Wildman–Crippen MR) is 54.4 cm³/mol. The summed E-state index contributed by atoms with van der Waals surface area (Å²) in [5.74, 6) is -0.309. The quantitative estimate of drug-likeness (QED) is 0.509. The van der Waals surface area contributed by atoms with E-state index >= 15 is 0 Å². The molecule has 0 aromatic heterocycles. The Morgan fingerprint density at radius 2 is 1.77 bits per heavy atom. The summed E-state index contributed by atoms with van der Waals surface area (Å²) in [5, 5.41) is 9.11. The molecule has 0 atom stereocenters. The number of hydrogen-bond donors (Lipinski definition) is 2. The largest absolute Gasteiger partial charge is 0.394 e. The zero-order chi connectivity index (χ0) is 10.3. The van der Waals surface area contributed by atoms with Crippen LogP contribution in [0.5, 0.6) is 0 Å². The van der Waals surface area contributed by atoms with Gasteiger partial charge in [0.2, 0.25) is 0 Å². The van der Waals surface area contributed by atoms with Crippen molar-refractivity contribution < 1.29 is 14.1 Å². The number of aliphatic hydroxyl groups is 1. The topological polar surface area (TPSA) is 46.5 Å². The van der Waals surface area contributed by atoms with E-state index in [1.807, 2.05) is 13.8 Å². The Morgan fingerprint density at radius 3 is 2.15 bits per heavy atom. The van der Waals surface area contributed by atoms with E-state index in [0.29, 0.717) is 12.8 Å². The molecule has 0 aromatic carbocycles. The van der Waals surface area contributed by atoms with Gasteiger partial charge in [0.05, 0.1) is 12.0 Å². The first-order valence-electron chi connectivity index (χ1n) is 4.77. The lowest BCUT2D eigenvalue weighted by Crippen LogP contribution is -2.24. The minimum atomic E-state index is -0.264. The van der Waals surface area contributed by atoms with Crippen LogP contribution >= 0.6 is 12.9 Å². The fourth-order valence-corrected chi connectivity index (χ4v) is 1.54. The first kappa shape index (κ1) is 12.8. The van der Waals surface area contributed by atoms with Crippen LogP contribution in [-0.2, 0) is 8.98 Å². The van der Waals surface area contributed by atoms with Gasteiger partial charge < -0.3 is 9.29 Å². The molecule has 1 saturated carbocycles. The van der Waals surface area contributed by atoms with Gasteiger partial charge in [-0.15, -0.1) is 0 Å². The van der Waals surface area contributed by atoms with Gasteiger partial charge in [-0.3, -0.25) is 4.79 Å². The van der Waals surface area contributed by atoms with Crippen LogP contribution in [0.2, 0.25) is 0 Å². The van der Waals surface area contributed by atoms with E-state index in [4.69, 9.17) is 5.11 Å². The van der Waals surface area contributed by atoms with Crippen LogP contribution in [0, 0.1) is 5.92 Å². The number of hydrogen-bond acceptors (Lipinski definition) is 4. The molecular formula is C9H18O3S. The molecule has 0 aromatic rings. The molecule has 1 aliphatic rings. The van der Waals surface area contributed by atoms with Gasteiger partial charge in [-0.25, -0.2) is 0 Å². The Hall–Kier alpha value is -0.220. The molecule has 0 heterocycles. The molecule has 0 bridgehead atoms. The second kappa shape index (κ2) is 7.21. The summed E-state index contributed by atoms with van der Waals surface area (Å²) in [4.78, 5) is 10.9. The van der Waals surface area contributed by atoms with E-state index in [1.54, 1.807) is 0 Å². The Bertz CT molecular complexity index is 142. The van der Waals surface area contributed by atoms with Gasteiger partial charge in [-0.05, 0) is 25.7 Å². The van der Waals surface area contributed by atoms with Crippen molar-refractivity contribution in [1.29, 1.82) is 0 Å². The van der Waals surface area contributed by atoms with Gasteiger partial charge in [-0.1, -0.05) is 13.8 Å². The highest BCUT2D eigenvalue weighted by atomic mass is 32.1. The highest BCUT2D eigenvalue weighted by molar-refractivity contribution is 7.75. The predicted octanol–water partition coefficient (Wildman–Crippen LogP) is 1.95. The van der Waals surface area contributed by atoms with E-state index in [1.165, 1.54) is 0 Å². The Morgan fingerprint density at radius 1 is 1.31 bits per heavy atom. The lowest BCUT2D eigenvalue weighted by Gasteiger charge is -2.22. The molecule has 0 aliphatic heterocycles. The van der Waals surface area contributed by atoms with Crippen molar-refractivity contribution >= 4 is 18.9 Å². The molecule has 0 amide bonds. The Kier molecular flexibility index (Phi) is 7.09. The van der Waals surface area contributed by atoms with Crippen LogP contribution in [0.25, 0.3) is 0 Å². The Labute approximate surface area is 85.1 Å². The smallest absolute Gasteiger partial charge is 0.320 e. The summed E-state index contributed by atoms with van der Waals surface area (Å²) >= 11 is 3.44. The number of carbonyl (C=O) groups is 1. The highest BCUT2D eigenvalue weighted by Crippen LogP contribution is 2.25. The van der Waals surface area contributed by atoms with E-state index < -0.39 is 0 Å². The van der Waals surface area contributed by atoms with Gasteiger partial charge in [0, 0.05) is 12.9 Å². The molecule has 0 spiro atoms. The average molecular weight is 206 g/mol. The van der Waals surface area contributed by atoms with Crippen LogP contribution in [0.4, 0.5) is 0 Å². The normalized spacial score (nSPS) is 27.1. The van der Waals surface area contributed by atoms with Crippen molar-refractivity contribution in [3.63, 3.8) is 0 Å². The van der Waals surface area contributed by atoms with Crippen LogP contribution < -0.4 is 0 Å². The van der Waals surface area contributed by atoms with Crippen molar-refractivity contribution in [2.24, 2.45) is 5.92 Å². The zero-order valence-electron chi connectivity index (χ0n) is 8.19. The van der Waals surface area contributed by atoms with Crippen molar-refractivity contribution in [3.05, 3.63) is 0 Å². The molecule has 3 nitrogen and oxygen atoms in total. The molecular weight excluding hydrogens is 188 g/mol. The van der Waals surface area contributed by atoms with Gasteiger partial charge in [0.1, 0.15) is 0 Å². The van der Waals surface area contributed by atoms with E-state index in [0.717, 1.165) is 12.8 Å². The maximum atomic E-state index is 10.9. The first-order chi connectivity index (χ1) is 6.24. The number of rotatable bonds is 1. The molecule has 78 valence electrons. The molecule has 1 N–H and O–H groups in total. The SMILES string of the molecule is CC.O=C(OS)C1CCC(O)CC1. The maximum absolute atomic E-state index is 10.9. The van der Waals surface area contributed by atoms with Crippen molar-refractivity contribution in [2.75, 3.05) is 0 Å². The van der Waals surface area contributed by atoms with Crippen molar-refractivity contribution in [2.45, 2.75) is 45.6 Å². The summed E-state index contributed by atoms with van der Waals surface area (Å²) in [6, 6.07) is 0. The molecule has 4 heteroatoms. The van der Waals surface area contributed by atoms with Gasteiger partial charge in [-0.2, -0.15) is 0 Å². The molecule has 1 aliphatic carbocycles. The lowest BCUT2D eigenvalue weighted by atomic mass is 9.88. The molecule has 0 saturated heterocycles. The molecule has 13 heavy (non-hydrogen) atoms. The van der Waals surface area contributed by atoms with Crippen LogP contribution in [0.15, 0.2) is 0 Å². The second-order valence-electron chi connectivity index (χ2n) is 2.92. The van der Waals surface area contributed by atoms with Crippen LogP contribution in [0.1, 0.15) is 39.5 Å². The third-order valence-electron chi connectivity index (χ3n) is 2.12.